The normalized spacial score (nSPS) is 15.7. The lowest BCUT2D eigenvalue weighted by molar-refractivity contribution is 0.210. The second-order valence-corrected chi connectivity index (χ2v) is 5.37. The van der Waals surface area contributed by atoms with E-state index in [9.17, 15) is 5.11 Å². The third-order valence-corrected chi connectivity index (χ3v) is 4.03. The van der Waals surface area contributed by atoms with Crippen molar-refractivity contribution < 1.29 is 5.11 Å². The van der Waals surface area contributed by atoms with Gasteiger partial charge in [0.2, 0.25) is 0 Å². The number of aliphatic hydroxyl groups excluding tert-OH is 1. The van der Waals surface area contributed by atoms with E-state index in [4.69, 9.17) is 11.6 Å². The van der Waals surface area contributed by atoms with E-state index in [0.717, 1.165) is 18.5 Å². The van der Waals surface area contributed by atoms with Crippen molar-refractivity contribution >= 4 is 17.3 Å². The Morgan fingerprint density at radius 1 is 1.37 bits per heavy atom. The van der Waals surface area contributed by atoms with Gasteiger partial charge in [-0.3, -0.25) is 4.68 Å². The highest BCUT2D eigenvalue weighted by atomic mass is 35.5. The van der Waals surface area contributed by atoms with Crippen LogP contribution in [-0.2, 0) is 13.5 Å². The summed E-state index contributed by atoms with van der Waals surface area (Å²) in [5.41, 5.74) is 4.01. The highest BCUT2D eigenvalue weighted by Crippen LogP contribution is 2.33. The van der Waals surface area contributed by atoms with Crippen LogP contribution in [0.15, 0.2) is 24.4 Å². The molecule has 19 heavy (non-hydrogen) atoms. The molecule has 1 aromatic carbocycles. The molecule has 0 radical (unpaired) electrons. The molecule has 0 amide bonds. The minimum atomic E-state index is -0.740. The van der Waals surface area contributed by atoms with E-state index in [0.29, 0.717) is 10.7 Å². The number of aliphatic hydroxyl groups is 1. The zero-order valence-corrected chi connectivity index (χ0v) is 11.7. The first-order valence-electron chi connectivity index (χ1n) is 6.27. The first-order chi connectivity index (χ1) is 9.08. The van der Waals surface area contributed by atoms with Gasteiger partial charge >= 0.3 is 0 Å². The summed E-state index contributed by atoms with van der Waals surface area (Å²) in [6.07, 6.45) is 1.84. The summed E-state index contributed by atoms with van der Waals surface area (Å²) in [5, 5.41) is 15.0. The van der Waals surface area contributed by atoms with Crippen LogP contribution in [0.4, 0.5) is 5.69 Å². The Balaban J connectivity index is 1.99. The van der Waals surface area contributed by atoms with E-state index in [1.54, 1.807) is 17.9 Å². The number of nitrogens with zero attached hydrogens (tertiary/aromatic N) is 3. The summed E-state index contributed by atoms with van der Waals surface area (Å²) in [5.74, 6) is 0. The maximum atomic E-state index is 10.5. The monoisotopic (exact) mass is 277 g/mol. The van der Waals surface area contributed by atoms with Crippen molar-refractivity contribution in [2.75, 3.05) is 18.5 Å². The fourth-order valence-electron chi connectivity index (χ4n) is 2.64. The highest BCUT2D eigenvalue weighted by Gasteiger charge is 2.22. The first-order valence-corrected chi connectivity index (χ1v) is 6.65. The first kappa shape index (κ1) is 12.5. The van der Waals surface area contributed by atoms with Crippen molar-refractivity contribution in [1.29, 1.82) is 0 Å². The quantitative estimate of drug-likeness (QED) is 0.914. The number of hydrogen-bond donors (Lipinski definition) is 1. The molecular weight excluding hydrogens is 262 g/mol. The van der Waals surface area contributed by atoms with Gasteiger partial charge in [-0.2, -0.15) is 5.10 Å². The van der Waals surface area contributed by atoms with Gasteiger partial charge in [0.05, 0.1) is 16.9 Å². The Labute approximate surface area is 117 Å². The minimum Gasteiger partial charge on any atom is -0.382 e. The fourth-order valence-corrected chi connectivity index (χ4v) is 2.91. The molecule has 100 valence electrons. The van der Waals surface area contributed by atoms with Crippen LogP contribution in [0.1, 0.15) is 22.9 Å². The maximum Gasteiger partial charge on any atom is 0.122 e. The molecule has 2 aromatic rings. The summed E-state index contributed by atoms with van der Waals surface area (Å²) in [6, 6.07) is 6.08. The SMILES string of the molecule is CN1CCc2cc(C(O)c3c(Cl)cnn3C)ccc21. The molecule has 1 aromatic heterocycles. The molecule has 4 nitrogen and oxygen atoms in total. The molecule has 0 bridgehead atoms. The molecule has 0 saturated heterocycles. The third-order valence-electron chi connectivity index (χ3n) is 3.74. The van der Waals surface area contributed by atoms with Crippen LogP contribution in [0.2, 0.25) is 5.02 Å². The Hall–Kier alpha value is -1.52. The van der Waals surface area contributed by atoms with Crippen molar-refractivity contribution in [3.05, 3.63) is 46.2 Å². The molecular formula is C14H16ClN3O. The van der Waals surface area contributed by atoms with Crippen molar-refractivity contribution in [1.82, 2.24) is 9.78 Å². The number of rotatable bonds is 2. The predicted molar refractivity (Wildman–Crippen MR) is 75.7 cm³/mol. The van der Waals surface area contributed by atoms with Gasteiger partial charge in [0.15, 0.2) is 0 Å². The van der Waals surface area contributed by atoms with Gasteiger partial charge in [-0.15, -0.1) is 0 Å². The molecule has 0 spiro atoms. The van der Waals surface area contributed by atoms with Gasteiger partial charge < -0.3 is 10.0 Å². The maximum absolute atomic E-state index is 10.5. The highest BCUT2D eigenvalue weighted by molar-refractivity contribution is 6.31. The number of benzene rings is 1. The smallest absolute Gasteiger partial charge is 0.122 e. The van der Waals surface area contributed by atoms with Crippen LogP contribution in [0, 0.1) is 0 Å². The van der Waals surface area contributed by atoms with Crippen LogP contribution in [0.3, 0.4) is 0 Å². The second-order valence-electron chi connectivity index (χ2n) is 4.96. The Kier molecular flexibility index (Phi) is 2.99. The Bertz CT molecular complexity index is 604. The van der Waals surface area contributed by atoms with E-state index in [1.165, 1.54) is 11.3 Å². The van der Waals surface area contributed by atoms with E-state index in [-0.39, 0.29) is 0 Å². The number of anilines is 1. The van der Waals surface area contributed by atoms with Gasteiger partial charge in [0.1, 0.15) is 6.10 Å². The molecule has 0 fully saturated rings. The number of hydrogen-bond acceptors (Lipinski definition) is 3. The number of aryl methyl sites for hydroxylation is 1. The number of fused-ring (bicyclic) bond motifs is 1. The average molecular weight is 278 g/mol. The van der Waals surface area contributed by atoms with Gasteiger partial charge in [-0.25, -0.2) is 0 Å². The molecule has 1 aliphatic rings. The summed E-state index contributed by atoms with van der Waals surface area (Å²) in [4.78, 5) is 2.22. The lowest BCUT2D eigenvalue weighted by atomic mass is 10.0. The molecule has 0 saturated carbocycles. The van der Waals surface area contributed by atoms with E-state index < -0.39 is 6.10 Å². The van der Waals surface area contributed by atoms with Crippen LogP contribution < -0.4 is 4.90 Å². The summed E-state index contributed by atoms with van der Waals surface area (Å²) < 4.78 is 1.62. The van der Waals surface area contributed by atoms with Gasteiger partial charge in [0, 0.05) is 26.3 Å². The van der Waals surface area contributed by atoms with E-state index in [1.807, 2.05) is 6.07 Å². The van der Waals surface area contributed by atoms with Crippen molar-refractivity contribution in [3.63, 3.8) is 0 Å². The van der Waals surface area contributed by atoms with Crippen LogP contribution in [-0.4, -0.2) is 28.5 Å². The minimum absolute atomic E-state index is 0.493. The standard InChI is InChI=1S/C14H16ClN3O/c1-17-6-5-9-7-10(3-4-12(9)17)14(19)13-11(15)8-16-18(13)2/h3-4,7-8,14,19H,5-6H2,1-2H3. The Morgan fingerprint density at radius 2 is 2.16 bits per heavy atom. The zero-order chi connectivity index (χ0) is 13.6. The number of halogens is 1. The number of likely N-dealkylation sites (N-methyl/N-ethyl adjacent to an activating group) is 1. The molecule has 0 aliphatic carbocycles. The number of aromatic nitrogens is 2. The average Bonchev–Trinajstić information content (AvgIpc) is 2.93. The Morgan fingerprint density at radius 3 is 2.84 bits per heavy atom. The molecule has 2 heterocycles. The molecule has 1 N–H and O–H groups in total. The predicted octanol–water partition coefficient (Wildman–Crippen LogP) is 2.15. The molecule has 1 atom stereocenters. The molecule has 5 heteroatoms. The third kappa shape index (κ3) is 2.01. The van der Waals surface area contributed by atoms with Crippen molar-refractivity contribution in [3.8, 4) is 0 Å². The molecule has 1 unspecified atom stereocenters. The fraction of sp³-hybridized carbons (Fsp3) is 0.357. The molecule has 3 rings (SSSR count). The van der Waals surface area contributed by atoms with Gasteiger partial charge in [0.25, 0.3) is 0 Å². The zero-order valence-electron chi connectivity index (χ0n) is 11.0. The summed E-state index contributed by atoms with van der Waals surface area (Å²) in [6.45, 7) is 1.03. The summed E-state index contributed by atoms with van der Waals surface area (Å²) >= 11 is 6.08. The van der Waals surface area contributed by atoms with E-state index in [2.05, 4.69) is 29.2 Å². The van der Waals surface area contributed by atoms with Crippen molar-refractivity contribution in [2.24, 2.45) is 7.05 Å². The second kappa shape index (κ2) is 4.54. The lowest BCUT2D eigenvalue weighted by Crippen LogP contribution is -2.12. The van der Waals surface area contributed by atoms with Gasteiger partial charge in [-0.05, 0) is 23.6 Å². The largest absolute Gasteiger partial charge is 0.382 e. The topological polar surface area (TPSA) is 41.3 Å². The van der Waals surface area contributed by atoms with Crippen molar-refractivity contribution in [2.45, 2.75) is 12.5 Å². The summed E-state index contributed by atoms with van der Waals surface area (Å²) in [7, 11) is 3.87. The van der Waals surface area contributed by atoms with Gasteiger partial charge in [-0.1, -0.05) is 23.7 Å². The van der Waals surface area contributed by atoms with Crippen LogP contribution >= 0.6 is 11.6 Å². The van der Waals surface area contributed by atoms with E-state index >= 15 is 0 Å². The van der Waals surface area contributed by atoms with Crippen LogP contribution in [0.25, 0.3) is 0 Å². The molecule has 1 aliphatic heterocycles. The van der Waals surface area contributed by atoms with Crippen LogP contribution in [0.5, 0.6) is 0 Å². The lowest BCUT2D eigenvalue weighted by Gasteiger charge is -2.15.